The van der Waals surface area contributed by atoms with E-state index >= 15 is 0 Å². The van der Waals surface area contributed by atoms with Crippen LogP contribution in [0.5, 0.6) is 5.75 Å². The molecule has 0 aliphatic heterocycles. The SMILES string of the molecule is COc1cc(C(F)(F)F)c(C(F)F)nc1C=O. The summed E-state index contributed by atoms with van der Waals surface area (Å²) in [5.41, 5.74) is -3.70. The Morgan fingerprint density at radius 2 is 2.00 bits per heavy atom. The highest BCUT2D eigenvalue weighted by molar-refractivity contribution is 5.76. The molecule has 3 nitrogen and oxygen atoms in total. The fourth-order valence-corrected chi connectivity index (χ4v) is 1.17. The zero-order chi connectivity index (χ0) is 13.2. The highest BCUT2D eigenvalue weighted by Crippen LogP contribution is 2.37. The molecule has 94 valence electrons. The van der Waals surface area contributed by atoms with Gasteiger partial charge in [-0.05, 0) is 6.07 Å². The van der Waals surface area contributed by atoms with E-state index in [1.165, 1.54) is 0 Å². The normalized spacial score (nSPS) is 11.7. The highest BCUT2D eigenvalue weighted by Gasteiger charge is 2.38. The Kier molecular flexibility index (Phi) is 3.64. The molecule has 1 heterocycles. The van der Waals surface area contributed by atoms with E-state index in [-0.39, 0.29) is 6.29 Å². The Hall–Kier alpha value is -1.73. The number of carbonyl (C=O) groups excluding carboxylic acids is 1. The van der Waals surface area contributed by atoms with Crippen LogP contribution >= 0.6 is 0 Å². The first kappa shape index (κ1) is 13.3. The van der Waals surface area contributed by atoms with E-state index in [4.69, 9.17) is 0 Å². The summed E-state index contributed by atoms with van der Waals surface area (Å²) in [7, 11) is 1.01. The summed E-state index contributed by atoms with van der Waals surface area (Å²) in [6, 6.07) is 0.332. The first-order chi connectivity index (χ1) is 7.81. The van der Waals surface area contributed by atoms with Crippen molar-refractivity contribution in [1.29, 1.82) is 0 Å². The molecule has 0 spiro atoms. The fourth-order valence-electron chi connectivity index (χ4n) is 1.17. The molecule has 0 fully saturated rings. The maximum absolute atomic E-state index is 12.4. The fraction of sp³-hybridized carbons (Fsp3) is 0.333. The first-order valence-corrected chi connectivity index (χ1v) is 4.20. The zero-order valence-electron chi connectivity index (χ0n) is 8.39. The lowest BCUT2D eigenvalue weighted by Crippen LogP contribution is -2.13. The second-order valence-corrected chi connectivity index (χ2v) is 2.92. The molecule has 0 atom stereocenters. The average molecular weight is 255 g/mol. The van der Waals surface area contributed by atoms with Crippen LogP contribution in [0.3, 0.4) is 0 Å². The van der Waals surface area contributed by atoms with Crippen LogP contribution in [0, 0.1) is 0 Å². The lowest BCUT2D eigenvalue weighted by atomic mass is 10.1. The van der Waals surface area contributed by atoms with Crippen molar-refractivity contribution in [3.63, 3.8) is 0 Å². The molecule has 1 rings (SSSR count). The van der Waals surface area contributed by atoms with Gasteiger partial charge >= 0.3 is 6.18 Å². The first-order valence-electron chi connectivity index (χ1n) is 4.20. The minimum Gasteiger partial charge on any atom is -0.494 e. The molecule has 0 saturated carbocycles. The molecule has 0 aliphatic carbocycles. The largest absolute Gasteiger partial charge is 0.494 e. The number of carbonyl (C=O) groups is 1. The van der Waals surface area contributed by atoms with Gasteiger partial charge in [-0.15, -0.1) is 0 Å². The van der Waals surface area contributed by atoms with Gasteiger partial charge in [0.1, 0.15) is 17.1 Å². The number of hydrogen-bond donors (Lipinski definition) is 0. The zero-order valence-corrected chi connectivity index (χ0v) is 8.39. The predicted molar refractivity (Wildman–Crippen MR) is 46.1 cm³/mol. The topological polar surface area (TPSA) is 39.2 Å². The third kappa shape index (κ3) is 2.69. The Bertz CT molecular complexity index is 430. The molecule has 0 aliphatic rings. The molecule has 0 aromatic carbocycles. The molecule has 17 heavy (non-hydrogen) atoms. The van der Waals surface area contributed by atoms with Gasteiger partial charge in [0.15, 0.2) is 6.29 Å². The monoisotopic (exact) mass is 255 g/mol. The van der Waals surface area contributed by atoms with E-state index in [0.717, 1.165) is 7.11 Å². The van der Waals surface area contributed by atoms with E-state index in [1.54, 1.807) is 0 Å². The van der Waals surface area contributed by atoms with Gasteiger partial charge in [-0.2, -0.15) is 13.2 Å². The molecule has 0 unspecified atom stereocenters. The second kappa shape index (κ2) is 4.64. The van der Waals surface area contributed by atoms with Gasteiger partial charge in [0, 0.05) is 0 Å². The number of ether oxygens (including phenoxy) is 1. The van der Waals surface area contributed by atoms with Gasteiger partial charge in [0.25, 0.3) is 6.43 Å². The third-order valence-corrected chi connectivity index (χ3v) is 1.89. The number of aromatic nitrogens is 1. The van der Waals surface area contributed by atoms with Crippen molar-refractivity contribution >= 4 is 6.29 Å². The van der Waals surface area contributed by atoms with Crippen LogP contribution in [-0.4, -0.2) is 18.4 Å². The smallest absolute Gasteiger partial charge is 0.418 e. The molecule has 0 bridgehead atoms. The third-order valence-electron chi connectivity index (χ3n) is 1.89. The summed E-state index contributed by atoms with van der Waals surface area (Å²) in [6.45, 7) is 0. The lowest BCUT2D eigenvalue weighted by molar-refractivity contribution is -0.140. The molecule has 0 N–H and O–H groups in total. The van der Waals surface area contributed by atoms with Crippen molar-refractivity contribution in [3.8, 4) is 5.75 Å². The second-order valence-electron chi connectivity index (χ2n) is 2.92. The molecule has 0 amide bonds. The minimum absolute atomic E-state index is 0.0465. The number of alkyl halides is 5. The van der Waals surface area contributed by atoms with Gasteiger partial charge < -0.3 is 4.74 Å². The van der Waals surface area contributed by atoms with E-state index in [2.05, 4.69) is 9.72 Å². The summed E-state index contributed by atoms with van der Waals surface area (Å²) in [4.78, 5) is 13.4. The number of nitrogens with zero attached hydrogens (tertiary/aromatic N) is 1. The summed E-state index contributed by atoms with van der Waals surface area (Å²) in [5.74, 6) is -0.503. The van der Waals surface area contributed by atoms with Gasteiger partial charge in [-0.1, -0.05) is 0 Å². The predicted octanol–water partition coefficient (Wildman–Crippen LogP) is 2.86. The molecule has 8 heteroatoms. The molecular formula is C9H6F5NO2. The number of methoxy groups -OCH3 is 1. The summed E-state index contributed by atoms with van der Waals surface area (Å²) >= 11 is 0. The molecule has 1 aromatic heterocycles. The Morgan fingerprint density at radius 1 is 1.41 bits per heavy atom. The van der Waals surface area contributed by atoms with Crippen LogP contribution in [0.2, 0.25) is 0 Å². The molecule has 0 saturated heterocycles. The van der Waals surface area contributed by atoms with Crippen LogP contribution in [-0.2, 0) is 6.18 Å². The van der Waals surface area contributed by atoms with Crippen molar-refractivity contribution in [1.82, 2.24) is 4.98 Å². The summed E-state index contributed by atoms with van der Waals surface area (Å²) in [6.07, 6.45) is -8.38. The van der Waals surface area contributed by atoms with Crippen molar-refractivity contribution in [2.24, 2.45) is 0 Å². The maximum atomic E-state index is 12.4. The number of halogens is 5. The van der Waals surface area contributed by atoms with Crippen LogP contribution < -0.4 is 4.74 Å². The average Bonchev–Trinajstić information content (AvgIpc) is 2.25. The number of pyridine rings is 1. The van der Waals surface area contributed by atoms with E-state index in [0.29, 0.717) is 6.07 Å². The van der Waals surface area contributed by atoms with Gasteiger partial charge in [-0.3, -0.25) is 4.79 Å². The van der Waals surface area contributed by atoms with E-state index in [9.17, 15) is 26.7 Å². The number of rotatable bonds is 3. The summed E-state index contributed by atoms with van der Waals surface area (Å²) < 4.78 is 66.6. The number of aldehydes is 1. The van der Waals surface area contributed by atoms with Crippen molar-refractivity contribution < 1.29 is 31.5 Å². The van der Waals surface area contributed by atoms with Crippen LogP contribution in [0.4, 0.5) is 22.0 Å². The Balaban J connectivity index is 3.51. The maximum Gasteiger partial charge on any atom is 0.418 e. The summed E-state index contributed by atoms with van der Waals surface area (Å²) in [5, 5.41) is 0. The molecule has 1 aromatic rings. The quantitative estimate of drug-likeness (QED) is 0.615. The van der Waals surface area contributed by atoms with E-state index in [1.807, 2.05) is 0 Å². The van der Waals surface area contributed by atoms with Crippen molar-refractivity contribution in [3.05, 3.63) is 23.0 Å². The Morgan fingerprint density at radius 3 is 2.35 bits per heavy atom. The lowest BCUT2D eigenvalue weighted by Gasteiger charge is -2.14. The van der Waals surface area contributed by atoms with Crippen LogP contribution in [0.15, 0.2) is 6.07 Å². The minimum atomic E-state index is -4.99. The number of hydrogen-bond acceptors (Lipinski definition) is 3. The standard InChI is InChI=1S/C9H6F5NO2/c1-17-6-2-4(9(12,13)14)7(8(10)11)15-5(6)3-16/h2-3,8H,1H3. The highest BCUT2D eigenvalue weighted by atomic mass is 19.4. The Labute approximate surface area is 92.2 Å². The van der Waals surface area contributed by atoms with Crippen LogP contribution in [0.25, 0.3) is 0 Å². The van der Waals surface area contributed by atoms with Gasteiger partial charge in [-0.25, -0.2) is 13.8 Å². The van der Waals surface area contributed by atoms with Crippen molar-refractivity contribution in [2.75, 3.05) is 7.11 Å². The molecular weight excluding hydrogens is 249 g/mol. The van der Waals surface area contributed by atoms with Gasteiger partial charge in [0.2, 0.25) is 0 Å². The van der Waals surface area contributed by atoms with E-state index < -0.39 is 35.3 Å². The van der Waals surface area contributed by atoms with Gasteiger partial charge in [0.05, 0.1) is 12.7 Å². The molecule has 0 radical (unpaired) electrons. The van der Waals surface area contributed by atoms with Crippen LogP contribution in [0.1, 0.15) is 28.2 Å². The van der Waals surface area contributed by atoms with Crippen molar-refractivity contribution in [2.45, 2.75) is 12.6 Å².